The predicted molar refractivity (Wildman–Crippen MR) is 367 cm³/mol. The fraction of sp³-hybridized carbons (Fsp3) is 0.783. The molecular formula is C60H115B9F6KN2NaO13. The molecule has 514 valence electrons. The van der Waals surface area contributed by atoms with Crippen LogP contribution in [0.15, 0.2) is 48.5 Å². The van der Waals surface area contributed by atoms with Gasteiger partial charge in [-0.25, -0.2) is 0 Å². The Kier molecular flexibility index (Phi) is 46.7. The monoisotopic (exact) mass is 1350 g/mol. The molecule has 1 amide bonds. The molecule has 2 aromatic carbocycles. The Labute approximate surface area is 620 Å². The number of carbonyl (C=O) groups is 1. The summed E-state index contributed by atoms with van der Waals surface area (Å²) in [6.07, 6.45) is 2.35. The largest absolute Gasteiger partial charge is 1.00 e. The molecule has 15 nitrogen and oxygen atoms in total. The van der Waals surface area contributed by atoms with Gasteiger partial charge in [0.1, 0.15) is 11.5 Å². The molecule has 0 radical (unpaired) electrons. The molecule has 4 N–H and O–H groups in total. The van der Waals surface area contributed by atoms with E-state index in [2.05, 4.69) is 156 Å². The van der Waals surface area contributed by atoms with Gasteiger partial charge < -0.3 is 92.9 Å². The number of benzene rings is 2. The van der Waals surface area contributed by atoms with Crippen molar-refractivity contribution in [2.45, 2.75) is 275 Å². The number of carbonyl (C=O) groups excluding carboxylic acids is 1. The molecule has 2 aromatic rings. The van der Waals surface area contributed by atoms with Crippen molar-refractivity contribution in [1.29, 1.82) is 0 Å². The topological polar surface area (TPSA) is 174 Å². The van der Waals surface area contributed by atoms with Gasteiger partial charge in [-0.15, -0.1) is 0 Å². The summed E-state index contributed by atoms with van der Waals surface area (Å²) in [5.74, 6) is 2.00. The van der Waals surface area contributed by atoms with Crippen LogP contribution in [-0.2, 0) is 37.2 Å². The van der Waals surface area contributed by atoms with Crippen molar-refractivity contribution in [3.8, 4) is 11.5 Å². The molecule has 8 rings (SSSR count). The Morgan fingerprint density at radius 3 is 1.21 bits per heavy atom. The van der Waals surface area contributed by atoms with Crippen molar-refractivity contribution in [3.05, 3.63) is 54.1 Å². The van der Waals surface area contributed by atoms with Crippen LogP contribution in [0, 0.1) is 5.41 Å². The van der Waals surface area contributed by atoms with Crippen LogP contribution >= 0.6 is 0 Å². The molecule has 92 heavy (non-hydrogen) atoms. The van der Waals surface area contributed by atoms with E-state index in [9.17, 15) is 30.7 Å². The van der Waals surface area contributed by atoms with Crippen molar-refractivity contribution in [2.24, 2.45) is 5.41 Å². The van der Waals surface area contributed by atoms with E-state index in [0.29, 0.717) is 41.0 Å². The van der Waals surface area contributed by atoms with Crippen LogP contribution in [0.4, 0.5) is 31.6 Å². The van der Waals surface area contributed by atoms with Crippen molar-refractivity contribution >= 4 is 75.2 Å². The molecule has 6 aliphatic heterocycles. The van der Waals surface area contributed by atoms with Crippen LogP contribution in [0.2, 0.25) is 52.4 Å². The summed E-state index contributed by atoms with van der Waals surface area (Å²) < 4.78 is 123. The first-order valence-electron chi connectivity index (χ1n) is 32.5. The number of hydrogen-bond donors (Lipinski definition) is 4. The number of rotatable bonds is 9. The van der Waals surface area contributed by atoms with E-state index in [1.807, 2.05) is 48.5 Å². The van der Waals surface area contributed by atoms with Crippen molar-refractivity contribution in [2.75, 3.05) is 31.7 Å². The number of para-hydroxylation sites is 3. The Morgan fingerprint density at radius 2 is 0.891 bits per heavy atom. The molecule has 0 spiro atoms. The van der Waals surface area contributed by atoms with Gasteiger partial charge in [0, 0.05) is 49.5 Å². The number of nitrogens with one attached hydrogen (secondary N) is 2. The average Bonchev–Trinajstić information content (AvgIpc) is 1.60. The zero-order valence-corrected chi connectivity index (χ0v) is 67.1. The average molecular weight is 1350 g/mol. The van der Waals surface area contributed by atoms with Gasteiger partial charge in [0.25, 0.3) is 0 Å². The summed E-state index contributed by atoms with van der Waals surface area (Å²) in [6.45, 7) is 46.6. The number of amides is 1. The number of anilines is 1. The van der Waals surface area contributed by atoms with Crippen LogP contribution in [0.25, 0.3) is 0 Å². The summed E-state index contributed by atoms with van der Waals surface area (Å²) in [5.41, 5.74) is 1.47. The van der Waals surface area contributed by atoms with Crippen LogP contribution < -0.4 is 101 Å². The first-order valence-corrected chi connectivity index (χ1v) is 32.5. The Balaban J connectivity index is -0.000000978. The van der Waals surface area contributed by atoms with Gasteiger partial charge in [0.15, 0.2) is 0 Å². The zero-order chi connectivity index (χ0) is 70.1. The van der Waals surface area contributed by atoms with Gasteiger partial charge in [0.2, 0.25) is 5.91 Å². The van der Waals surface area contributed by atoms with Crippen molar-refractivity contribution < 1.29 is 168 Å². The third-order valence-electron chi connectivity index (χ3n) is 14.6. The van der Waals surface area contributed by atoms with E-state index in [0.717, 1.165) is 89.7 Å². The van der Waals surface area contributed by atoms with Gasteiger partial charge in [-0.05, 0) is 120 Å². The SMILES string of the molecule is CC(C)B(O)O.CC(C)B1NC(=O)c2ccccc2N1.CC(C)B1OC(C)(C)C(C)(C)O1.CC(C)B1OCC(C)(C)CO1.CC(C)B1OCCCO1.CC(C)B1Oc2ccccc2O1.CC(C)[B-](F)(F)F.CC(C)[B-](F)(F)F.CC1CC(C)(C)OB(C(C)C)O1.[K+].[Na+]. The number of hydrogen-bond acceptors (Lipinski definition) is 14. The molecule has 1 unspecified atom stereocenters. The zero-order valence-electron chi connectivity index (χ0n) is 62.0. The van der Waals surface area contributed by atoms with Crippen LogP contribution in [0.3, 0.4) is 0 Å². The fourth-order valence-corrected chi connectivity index (χ4v) is 7.55. The summed E-state index contributed by atoms with van der Waals surface area (Å²) in [5, 5.41) is 22.6. The van der Waals surface area contributed by atoms with E-state index in [1.165, 1.54) is 0 Å². The van der Waals surface area contributed by atoms with E-state index < -0.39 is 32.7 Å². The van der Waals surface area contributed by atoms with Gasteiger partial charge >= 0.3 is 145 Å². The maximum Gasteiger partial charge on any atom is 1.00 e. The first kappa shape index (κ1) is 95.9. The first-order chi connectivity index (χ1) is 41.0. The molecule has 32 heteroatoms. The molecule has 0 aromatic heterocycles. The Hall–Kier alpha value is -0.289. The fourth-order valence-electron chi connectivity index (χ4n) is 7.55. The van der Waals surface area contributed by atoms with E-state index in [-0.39, 0.29) is 157 Å². The second-order valence-electron chi connectivity index (χ2n) is 29.2. The van der Waals surface area contributed by atoms with Crippen LogP contribution in [-0.4, -0.2) is 129 Å². The van der Waals surface area contributed by atoms with Crippen LogP contribution in [0.5, 0.6) is 11.5 Å². The second kappa shape index (κ2) is 44.8. The molecule has 0 saturated carbocycles. The van der Waals surface area contributed by atoms with Gasteiger partial charge in [-0.2, -0.15) is 0 Å². The van der Waals surface area contributed by atoms with Crippen molar-refractivity contribution in [3.63, 3.8) is 0 Å². The second-order valence-corrected chi connectivity index (χ2v) is 29.2. The minimum absolute atomic E-state index is 0. The predicted octanol–water partition coefficient (Wildman–Crippen LogP) is 10.7. The molecule has 4 saturated heterocycles. The molecule has 1 atom stereocenters. The number of halogens is 6. The molecule has 0 aliphatic carbocycles. The molecule has 0 bridgehead atoms. The molecule has 4 fully saturated rings. The number of fused-ring (bicyclic) bond motifs is 2. The van der Waals surface area contributed by atoms with E-state index in [4.69, 9.17) is 56.6 Å². The summed E-state index contributed by atoms with van der Waals surface area (Å²) in [7, 11) is -1.26. The maximum absolute atomic E-state index is 11.6. The summed E-state index contributed by atoms with van der Waals surface area (Å²) >= 11 is 0. The Bertz CT molecular complexity index is 2220. The third kappa shape index (κ3) is 38.9. The summed E-state index contributed by atoms with van der Waals surface area (Å²) in [6, 6.07) is 15.3. The minimum atomic E-state index is -4.56. The quantitative estimate of drug-likeness (QED) is 0.138. The smallest absolute Gasteiger partial charge is 0.523 e. The van der Waals surface area contributed by atoms with Crippen molar-refractivity contribution in [1.82, 2.24) is 5.23 Å². The van der Waals surface area contributed by atoms with E-state index in [1.54, 1.807) is 13.8 Å². The standard InChI is InChI=1S/C10H13BN2O.C9H11BO2.2C9H19BO2.C8H17BO2.C6H13BO2.2C3H7BF3.C3H9BO2.K.Na/c1-7(2)11-12-9-6-4-3-5-8(9)10(14)13-11;1-7(2)10-11-8-5-3-4-6-9(8)12-10;1-7(2)10-11-8(3)6-9(4,5)12-10;1-7(2)10-11-8(3,4)9(5,6)12-10;1-7(2)9-10-5-8(3,4)6-11-9;1-6(2)7-8-4-3-5-9-7;2*1-3(2)4(5,6)7;1-3(2)4(5)6;;/h3-7,12H,1-2H3,(H,13,14);3-7H,1-2H3;7-8H,6H2,1-5H3;7H,1-6H3;7H,5-6H2,1-4H3;6H,3-5H2,1-2H3;2*3H,1-2H3;3,5-6H,1-2H3;;/q;;;;;;2*-1;;2*+1. The van der Waals surface area contributed by atoms with Gasteiger partial charge in [0.05, 0.1) is 22.4 Å². The maximum atomic E-state index is 11.6. The summed E-state index contributed by atoms with van der Waals surface area (Å²) in [4.78, 5) is 11.6. The molecule has 6 heterocycles. The third-order valence-corrected chi connectivity index (χ3v) is 14.6. The van der Waals surface area contributed by atoms with Gasteiger partial charge in [-0.3, -0.25) is 4.79 Å². The normalized spacial score (nSPS) is 19.0. The molecular weight excluding hydrogens is 1230 g/mol. The minimum Gasteiger partial charge on any atom is -0.523 e. The van der Waals surface area contributed by atoms with E-state index >= 15 is 0 Å². The van der Waals surface area contributed by atoms with Gasteiger partial charge in [-0.1, -0.05) is 174 Å². The van der Waals surface area contributed by atoms with Crippen LogP contribution in [0.1, 0.15) is 210 Å². The molecule has 6 aliphatic rings. The Morgan fingerprint density at radius 1 is 0.533 bits per heavy atom.